The first-order valence-electron chi connectivity index (χ1n) is 5.85. The third-order valence-electron chi connectivity index (χ3n) is 2.50. The van der Waals surface area contributed by atoms with Crippen LogP contribution in [0.15, 0.2) is 15.8 Å². The van der Waals surface area contributed by atoms with E-state index >= 15 is 0 Å². The fourth-order valence-corrected chi connectivity index (χ4v) is 1.58. The lowest BCUT2D eigenvalue weighted by Gasteiger charge is -2.18. The number of nitrogens with zero attached hydrogens (tertiary/aromatic N) is 1. The highest BCUT2D eigenvalue weighted by Crippen LogP contribution is 2.09. The SMILES string of the molecule is COC(CCOCC(O)CCl)n1cc(F)c(=O)[nH]c1=O. The molecule has 2 atom stereocenters. The lowest BCUT2D eigenvalue weighted by molar-refractivity contribution is -0.0103. The fraction of sp³-hybridized carbons (Fsp3) is 0.636. The summed E-state index contributed by atoms with van der Waals surface area (Å²) in [6.45, 7) is 0.217. The Morgan fingerprint density at radius 3 is 2.85 bits per heavy atom. The van der Waals surface area contributed by atoms with E-state index in [0.29, 0.717) is 0 Å². The molecule has 1 heterocycles. The predicted octanol–water partition coefficient (Wildman–Crippen LogP) is -0.173. The first-order valence-corrected chi connectivity index (χ1v) is 6.38. The van der Waals surface area contributed by atoms with Gasteiger partial charge in [-0.25, -0.2) is 4.79 Å². The molecule has 1 aromatic rings. The molecule has 1 aromatic heterocycles. The zero-order valence-electron chi connectivity index (χ0n) is 10.8. The molecule has 0 saturated heterocycles. The van der Waals surface area contributed by atoms with Crippen molar-refractivity contribution in [3.05, 3.63) is 32.9 Å². The number of ether oxygens (including phenoxy) is 2. The van der Waals surface area contributed by atoms with Crippen LogP contribution < -0.4 is 11.2 Å². The van der Waals surface area contributed by atoms with Gasteiger partial charge in [-0.3, -0.25) is 14.3 Å². The van der Waals surface area contributed by atoms with Gasteiger partial charge in [0.15, 0.2) is 0 Å². The summed E-state index contributed by atoms with van der Waals surface area (Å²) in [6, 6.07) is 0. The minimum atomic E-state index is -1.08. The van der Waals surface area contributed by atoms with Crippen LogP contribution in [0.25, 0.3) is 0 Å². The Balaban J connectivity index is 2.65. The standard InChI is InChI=1S/C11H16ClFN2O5/c1-19-9(2-3-20-6-7(16)4-12)15-5-8(13)10(17)14-11(15)18/h5,7,9,16H,2-4,6H2,1H3,(H,14,17,18). The van der Waals surface area contributed by atoms with E-state index in [1.54, 1.807) is 0 Å². The number of aromatic nitrogens is 2. The number of aliphatic hydroxyl groups is 1. The summed E-state index contributed by atoms with van der Waals surface area (Å²) in [4.78, 5) is 24.3. The summed E-state index contributed by atoms with van der Waals surface area (Å²) in [5, 5.41) is 9.18. The van der Waals surface area contributed by atoms with E-state index in [0.717, 1.165) is 10.8 Å². The van der Waals surface area contributed by atoms with E-state index in [1.807, 2.05) is 4.98 Å². The van der Waals surface area contributed by atoms with Crippen LogP contribution in [-0.2, 0) is 9.47 Å². The van der Waals surface area contributed by atoms with E-state index in [4.69, 9.17) is 21.1 Å². The Bertz CT molecular complexity index is 532. The summed E-state index contributed by atoms with van der Waals surface area (Å²) in [7, 11) is 1.34. The molecular formula is C11H16ClFN2O5. The molecule has 1 rings (SSSR count). The van der Waals surface area contributed by atoms with Crippen molar-refractivity contribution in [3.8, 4) is 0 Å². The number of H-pyrrole nitrogens is 1. The number of rotatable bonds is 8. The van der Waals surface area contributed by atoms with Crippen molar-refractivity contribution >= 4 is 11.6 Å². The van der Waals surface area contributed by atoms with Gasteiger partial charge in [0.2, 0.25) is 5.82 Å². The zero-order chi connectivity index (χ0) is 15.1. The quantitative estimate of drug-likeness (QED) is 0.513. The number of aromatic amines is 1. The third-order valence-corrected chi connectivity index (χ3v) is 2.86. The molecule has 0 spiro atoms. The van der Waals surface area contributed by atoms with E-state index in [-0.39, 0.29) is 25.5 Å². The van der Waals surface area contributed by atoms with Crippen LogP contribution in [0.1, 0.15) is 12.6 Å². The number of hydrogen-bond acceptors (Lipinski definition) is 5. The van der Waals surface area contributed by atoms with Gasteiger partial charge in [0.1, 0.15) is 6.23 Å². The monoisotopic (exact) mass is 310 g/mol. The van der Waals surface area contributed by atoms with Gasteiger partial charge in [-0.1, -0.05) is 0 Å². The molecule has 0 amide bonds. The molecule has 20 heavy (non-hydrogen) atoms. The number of alkyl halides is 1. The Hall–Kier alpha value is -1.22. The smallest absolute Gasteiger partial charge is 0.330 e. The molecule has 0 aliphatic carbocycles. The highest BCUT2D eigenvalue weighted by molar-refractivity contribution is 6.18. The minimum Gasteiger partial charge on any atom is -0.389 e. The van der Waals surface area contributed by atoms with E-state index in [2.05, 4.69) is 0 Å². The van der Waals surface area contributed by atoms with Gasteiger partial charge in [0.25, 0.3) is 5.56 Å². The molecule has 9 heteroatoms. The van der Waals surface area contributed by atoms with Crippen LogP contribution in [0.4, 0.5) is 4.39 Å². The third kappa shape index (κ3) is 4.71. The Kier molecular flexibility index (Phi) is 6.86. The Morgan fingerprint density at radius 2 is 2.25 bits per heavy atom. The largest absolute Gasteiger partial charge is 0.389 e. The van der Waals surface area contributed by atoms with Gasteiger partial charge in [-0.2, -0.15) is 4.39 Å². The Labute approximate surface area is 118 Å². The molecule has 7 nitrogen and oxygen atoms in total. The van der Waals surface area contributed by atoms with E-state index in [1.165, 1.54) is 7.11 Å². The van der Waals surface area contributed by atoms with Gasteiger partial charge in [0.05, 0.1) is 31.4 Å². The van der Waals surface area contributed by atoms with Crippen molar-refractivity contribution < 1.29 is 19.0 Å². The van der Waals surface area contributed by atoms with E-state index < -0.39 is 29.4 Å². The van der Waals surface area contributed by atoms with Gasteiger partial charge >= 0.3 is 5.69 Å². The fourth-order valence-electron chi connectivity index (χ4n) is 1.49. The highest BCUT2D eigenvalue weighted by Gasteiger charge is 2.14. The van der Waals surface area contributed by atoms with Crippen molar-refractivity contribution in [1.29, 1.82) is 0 Å². The number of methoxy groups -OCH3 is 1. The van der Waals surface area contributed by atoms with Crippen molar-refractivity contribution in [2.75, 3.05) is 26.2 Å². The zero-order valence-corrected chi connectivity index (χ0v) is 11.6. The summed E-state index contributed by atoms with van der Waals surface area (Å²) in [5.74, 6) is -1.02. The first kappa shape index (κ1) is 16.8. The molecule has 0 fully saturated rings. The normalized spacial score (nSPS) is 14.2. The number of halogens is 2. The van der Waals surface area contributed by atoms with E-state index in [9.17, 15) is 19.1 Å². The Morgan fingerprint density at radius 1 is 1.55 bits per heavy atom. The molecule has 0 aromatic carbocycles. The maximum absolute atomic E-state index is 13.2. The van der Waals surface area contributed by atoms with Crippen LogP contribution >= 0.6 is 11.6 Å². The molecule has 0 bridgehead atoms. The molecular weight excluding hydrogens is 295 g/mol. The van der Waals surface area contributed by atoms with Gasteiger partial charge in [-0.05, 0) is 0 Å². The summed E-state index contributed by atoms with van der Waals surface area (Å²) in [6.07, 6.45) is -0.548. The molecule has 114 valence electrons. The lowest BCUT2D eigenvalue weighted by atomic mass is 10.3. The van der Waals surface area contributed by atoms with Gasteiger partial charge in [0, 0.05) is 13.5 Å². The number of aliphatic hydroxyl groups excluding tert-OH is 1. The molecule has 2 N–H and O–H groups in total. The number of nitrogens with one attached hydrogen (secondary N) is 1. The van der Waals surface area contributed by atoms with Crippen molar-refractivity contribution in [2.24, 2.45) is 0 Å². The molecule has 2 unspecified atom stereocenters. The van der Waals surface area contributed by atoms with Crippen molar-refractivity contribution in [3.63, 3.8) is 0 Å². The second-order valence-electron chi connectivity index (χ2n) is 4.01. The van der Waals surface area contributed by atoms with Crippen LogP contribution in [0.5, 0.6) is 0 Å². The maximum Gasteiger partial charge on any atom is 0.330 e. The first-order chi connectivity index (χ1) is 9.49. The average Bonchev–Trinajstić information content (AvgIpc) is 2.43. The second-order valence-corrected chi connectivity index (χ2v) is 4.31. The summed E-state index contributed by atoms with van der Waals surface area (Å²) in [5.41, 5.74) is -1.85. The molecule has 0 aliphatic rings. The van der Waals surface area contributed by atoms with Crippen LogP contribution in [-0.4, -0.2) is 47.0 Å². The molecule has 0 aliphatic heterocycles. The summed E-state index contributed by atoms with van der Waals surface area (Å²) >= 11 is 5.39. The predicted molar refractivity (Wildman–Crippen MR) is 69.5 cm³/mol. The van der Waals surface area contributed by atoms with Crippen LogP contribution in [0.3, 0.4) is 0 Å². The average molecular weight is 311 g/mol. The molecule has 0 radical (unpaired) electrons. The minimum absolute atomic E-state index is 0.0504. The van der Waals surface area contributed by atoms with Crippen LogP contribution in [0, 0.1) is 5.82 Å². The topological polar surface area (TPSA) is 93.5 Å². The van der Waals surface area contributed by atoms with Crippen molar-refractivity contribution in [2.45, 2.75) is 18.8 Å². The van der Waals surface area contributed by atoms with Gasteiger partial charge in [-0.15, -0.1) is 11.6 Å². The lowest BCUT2D eigenvalue weighted by Crippen LogP contribution is -2.34. The highest BCUT2D eigenvalue weighted by atomic mass is 35.5. The van der Waals surface area contributed by atoms with Gasteiger partial charge < -0.3 is 14.6 Å². The van der Waals surface area contributed by atoms with Crippen molar-refractivity contribution in [1.82, 2.24) is 9.55 Å². The van der Waals surface area contributed by atoms with Crippen LogP contribution in [0.2, 0.25) is 0 Å². The summed E-state index contributed by atoms with van der Waals surface area (Å²) < 4.78 is 24.3. The number of hydrogen-bond donors (Lipinski definition) is 2. The second kappa shape index (κ2) is 8.15. The molecule has 0 saturated carbocycles. The maximum atomic E-state index is 13.2.